The van der Waals surface area contributed by atoms with E-state index in [0.717, 1.165) is 6.42 Å². The minimum absolute atomic E-state index is 0. The van der Waals surface area contributed by atoms with Crippen molar-refractivity contribution in [2.24, 2.45) is 0 Å². The molecule has 0 aliphatic heterocycles. The minimum atomic E-state index is -3.51. The molecule has 10 heteroatoms. The van der Waals surface area contributed by atoms with Crippen LogP contribution in [-0.2, 0) is 13.4 Å². The van der Waals surface area contributed by atoms with Crippen molar-refractivity contribution in [3.8, 4) is 0 Å². The number of unbranched alkanes of at least 4 members (excludes halogenated alkanes) is 9. The van der Waals surface area contributed by atoms with Crippen molar-refractivity contribution in [3.63, 3.8) is 0 Å². The number of hydrogen-bond acceptors (Lipinski definition) is 6. The molecule has 0 rings (SSSR count). The molecule has 0 spiro atoms. The van der Waals surface area contributed by atoms with Gasteiger partial charge in [-0.3, -0.25) is 4.31 Å². The Morgan fingerprint density at radius 2 is 1.09 bits per heavy atom. The summed E-state index contributed by atoms with van der Waals surface area (Å²) in [6.07, 6.45) is 13.3. The topological polar surface area (TPSA) is 110 Å². The van der Waals surface area contributed by atoms with Crippen LogP contribution < -0.4 is 113 Å². The van der Waals surface area contributed by atoms with Crippen molar-refractivity contribution in [1.82, 2.24) is 0 Å². The standard InChI is InChI=1S/C12H26O.2K.H4O5P2/c1-2-3-4-5-6-7-8-9-10-11-12-13;;;1-6(2)5-7(3)4/h13H,2-12H2,1H3;;;6-7H,(H,1,2)(H,3,4)/q;2*+1;/p-2. The molecule has 0 radical (unpaired) electrons. The van der Waals surface area contributed by atoms with Gasteiger partial charge in [-0.15, -0.1) is 0 Å². The van der Waals surface area contributed by atoms with Gasteiger partial charge in [0.15, 0.2) is 0 Å². The Morgan fingerprint density at radius 1 is 0.773 bits per heavy atom. The van der Waals surface area contributed by atoms with E-state index in [-0.39, 0.29) is 103 Å². The Balaban J connectivity index is -0.000000156. The van der Waals surface area contributed by atoms with Crippen molar-refractivity contribution >= 4 is 16.5 Å². The maximum Gasteiger partial charge on any atom is 1.00 e. The summed E-state index contributed by atoms with van der Waals surface area (Å²) >= 11 is 0. The van der Waals surface area contributed by atoms with Gasteiger partial charge in [-0.25, -0.2) is 0 Å². The maximum atomic E-state index is 9.29. The molecular weight excluding hydrogens is 380 g/mol. The Hall–Kier alpha value is 3.57. The summed E-state index contributed by atoms with van der Waals surface area (Å²) in [7, 11) is -7.03. The smallest absolute Gasteiger partial charge is 0.781 e. The molecule has 2 atom stereocenters. The number of hydrogen-bond donors (Lipinski definition) is 1. The molecule has 0 heterocycles. The minimum Gasteiger partial charge on any atom is -0.781 e. The van der Waals surface area contributed by atoms with Crippen LogP contribution in [0.25, 0.3) is 0 Å². The van der Waals surface area contributed by atoms with Crippen molar-refractivity contribution in [2.45, 2.75) is 71.1 Å². The van der Waals surface area contributed by atoms with Crippen molar-refractivity contribution < 1.29 is 131 Å². The summed E-state index contributed by atoms with van der Waals surface area (Å²) in [5.41, 5.74) is 0. The second-order valence-corrected chi connectivity index (χ2v) is 6.32. The molecule has 0 aromatic heterocycles. The van der Waals surface area contributed by atoms with Crippen LogP contribution in [0.5, 0.6) is 0 Å². The fourth-order valence-electron chi connectivity index (χ4n) is 1.67. The van der Waals surface area contributed by atoms with E-state index in [2.05, 4.69) is 11.2 Å². The van der Waals surface area contributed by atoms with Crippen LogP contribution in [-0.4, -0.2) is 11.7 Å². The molecular formula is C12H28K2O6P2. The first-order valence-electron chi connectivity index (χ1n) is 7.25. The molecule has 124 valence electrons. The average molecular weight is 408 g/mol. The Morgan fingerprint density at radius 3 is 1.32 bits per heavy atom. The summed E-state index contributed by atoms with van der Waals surface area (Å²) in [5, 5.41) is 8.57. The fraction of sp³-hybridized carbons (Fsp3) is 1.00. The SMILES string of the molecule is CCCCCCCCCCCCO.O=[PH]([O-])O[PH](=O)[O-].[K+].[K+]. The van der Waals surface area contributed by atoms with Crippen molar-refractivity contribution in [1.29, 1.82) is 0 Å². The van der Waals surface area contributed by atoms with Gasteiger partial charge in [-0.1, -0.05) is 64.7 Å². The van der Waals surface area contributed by atoms with Gasteiger partial charge in [0.05, 0.1) is 0 Å². The van der Waals surface area contributed by atoms with E-state index in [1.807, 2.05) is 0 Å². The normalized spacial score (nSPS) is 12.2. The molecule has 22 heavy (non-hydrogen) atoms. The molecule has 0 aliphatic carbocycles. The summed E-state index contributed by atoms with van der Waals surface area (Å²) in [6.45, 7) is 2.63. The van der Waals surface area contributed by atoms with Crippen LogP contribution in [0, 0.1) is 0 Å². The van der Waals surface area contributed by atoms with Gasteiger partial charge < -0.3 is 24.0 Å². The molecule has 0 saturated heterocycles. The molecule has 0 saturated carbocycles. The molecule has 0 aliphatic rings. The molecule has 0 aromatic carbocycles. The zero-order valence-electron chi connectivity index (χ0n) is 14.3. The van der Waals surface area contributed by atoms with Gasteiger partial charge in [0.2, 0.25) is 0 Å². The second-order valence-electron chi connectivity index (χ2n) is 4.51. The first-order chi connectivity index (χ1) is 9.54. The fourth-order valence-corrected chi connectivity index (χ4v) is 2.21. The molecule has 0 fully saturated rings. The van der Waals surface area contributed by atoms with Crippen molar-refractivity contribution in [2.75, 3.05) is 6.61 Å². The summed E-state index contributed by atoms with van der Waals surface area (Å²) in [5.74, 6) is 0. The monoisotopic (exact) mass is 408 g/mol. The summed E-state index contributed by atoms with van der Waals surface area (Å²) < 4.78 is 21.8. The Kier molecular flexibility index (Phi) is 44.3. The molecule has 0 amide bonds. The quantitative estimate of drug-likeness (QED) is 0.203. The maximum absolute atomic E-state index is 9.29. The molecule has 1 N–H and O–H groups in total. The zero-order valence-corrected chi connectivity index (χ0v) is 22.5. The van der Waals surface area contributed by atoms with Crippen LogP contribution in [0.1, 0.15) is 71.1 Å². The first kappa shape index (κ1) is 33.2. The number of aliphatic hydroxyl groups excluding tert-OH is 1. The van der Waals surface area contributed by atoms with Gasteiger partial charge in [0.25, 0.3) is 0 Å². The van der Waals surface area contributed by atoms with Crippen LogP contribution in [0.2, 0.25) is 0 Å². The van der Waals surface area contributed by atoms with Crippen LogP contribution in [0.15, 0.2) is 0 Å². The van der Waals surface area contributed by atoms with E-state index < -0.39 is 16.5 Å². The third kappa shape index (κ3) is 38.9. The van der Waals surface area contributed by atoms with Crippen molar-refractivity contribution in [3.05, 3.63) is 0 Å². The summed E-state index contributed by atoms with van der Waals surface area (Å²) in [4.78, 5) is 18.6. The Bertz CT molecular complexity index is 226. The molecule has 0 aromatic rings. The Labute approximate surface area is 221 Å². The van der Waals surface area contributed by atoms with Gasteiger partial charge in [-0.05, 0) is 6.42 Å². The van der Waals surface area contributed by atoms with Crippen LogP contribution in [0.4, 0.5) is 0 Å². The van der Waals surface area contributed by atoms with Gasteiger partial charge >= 0.3 is 103 Å². The zero-order chi connectivity index (χ0) is 15.6. The number of aliphatic hydroxyl groups is 1. The third-order valence-corrected chi connectivity index (χ3v) is 4.01. The molecule has 2 unspecified atom stereocenters. The van der Waals surface area contributed by atoms with E-state index in [9.17, 15) is 18.9 Å². The largest absolute Gasteiger partial charge is 1.00 e. The predicted molar refractivity (Wildman–Crippen MR) is 78.0 cm³/mol. The second kappa shape index (κ2) is 29.3. The van der Waals surface area contributed by atoms with E-state index in [1.165, 1.54) is 57.8 Å². The first-order valence-corrected chi connectivity index (χ1v) is 9.70. The van der Waals surface area contributed by atoms with E-state index in [1.54, 1.807) is 0 Å². The van der Waals surface area contributed by atoms with E-state index >= 15 is 0 Å². The molecule has 6 nitrogen and oxygen atoms in total. The molecule has 0 bridgehead atoms. The average Bonchev–Trinajstić information content (AvgIpc) is 2.36. The van der Waals surface area contributed by atoms with Crippen LogP contribution in [0.3, 0.4) is 0 Å². The van der Waals surface area contributed by atoms with Crippen LogP contribution >= 0.6 is 16.5 Å². The van der Waals surface area contributed by atoms with Gasteiger partial charge in [0, 0.05) is 6.61 Å². The summed E-state index contributed by atoms with van der Waals surface area (Å²) in [6, 6.07) is 0. The van der Waals surface area contributed by atoms with Gasteiger partial charge in [0.1, 0.15) is 16.5 Å². The number of rotatable bonds is 12. The third-order valence-electron chi connectivity index (χ3n) is 2.68. The predicted octanol–water partition coefficient (Wildman–Crippen LogP) is -3.59. The van der Waals surface area contributed by atoms with E-state index in [4.69, 9.17) is 5.11 Å². The van der Waals surface area contributed by atoms with Gasteiger partial charge in [-0.2, -0.15) is 0 Å². The van der Waals surface area contributed by atoms with E-state index in [0.29, 0.717) is 6.61 Å².